The Balaban J connectivity index is 1.06. The minimum absolute atomic E-state index is 0.207. The first-order chi connectivity index (χ1) is 33.6. The third-order valence-corrected chi connectivity index (χ3v) is 15.2. The van der Waals surface area contributed by atoms with Crippen molar-refractivity contribution in [3.63, 3.8) is 0 Å². The number of allylic oxidation sites excluding steroid dienone is 4. The molecule has 13 rings (SSSR count). The van der Waals surface area contributed by atoms with Crippen LogP contribution in [0.3, 0.4) is 0 Å². The molecule has 2 aliphatic carbocycles. The van der Waals surface area contributed by atoms with Crippen LogP contribution >= 0.6 is 0 Å². The van der Waals surface area contributed by atoms with Crippen molar-refractivity contribution in [1.29, 1.82) is 0 Å². The van der Waals surface area contributed by atoms with Crippen LogP contribution in [0.4, 0.5) is 28.4 Å². The summed E-state index contributed by atoms with van der Waals surface area (Å²) in [5.41, 5.74) is 18.5. The standard InChI is InChI=1S/C65H52N2O/c1-65-42-20-36-50(64(65)67(47-26-6-3-7-27-47)60-40-14-11-37-57(60)65)46-25-16-28-48(43-46)66(59-39-13-9-30-52(59)55-34-19-35-56-53-31-10-15-41-61(53)68-63(55)56)58-38-12-8-29-51(58)54-33-18-24-45-23-17-32-49(62(45)54)44-21-4-2-5-22-44/h3,6-20,23-41,43-44H,2,4-5,21-22,42H2,1H3. The van der Waals surface area contributed by atoms with E-state index in [9.17, 15) is 0 Å². The molecule has 0 amide bonds. The van der Waals surface area contributed by atoms with Crippen molar-refractivity contribution in [1.82, 2.24) is 0 Å². The summed E-state index contributed by atoms with van der Waals surface area (Å²) < 4.78 is 6.78. The van der Waals surface area contributed by atoms with Gasteiger partial charge in [0, 0.05) is 55.5 Å². The molecule has 1 aromatic heterocycles. The Morgan fingerprint density at radius 2 is 1.21 bits per heavy atom. The van der Waals surface area contributed by atoms with Crippen molar-refractivity contribution in [3.05, 3.63) is 241 Å². The topological polar surface area (TPSA) is 19.6 Å². The normalized spacial score (nSPS) is 17.0. The number of para-hydroxylation sites is 6. The number of benzene rings is 9. The molecule has 0 saturated heterocycles. The number of furan rings is 1. The maximum absolute atomic E-state index is 6.78. The molecular formula is C65H52N2O. The molecule has 3 aliphatic rings. The average molecular weight is 877 g/mol. The Kier molecular flexibility index (Phi) is 9.78. The highest BCUT2D eigenvalue weighted by Gasteiger charge is 2.46. The van der Waals surface area contributed by atoms with Crippen molar-refractivity contribution in [2.75, 3.05) is 9.80 Å². The molecule has 328 valence electrons. The maximum Gasteiger partial charge on any atom is 0.143 e. The fourth-order valence-electron chi connectivity index (χ4n) is 12.1. The number of nitrogens with zero attached hydrogens (tertiary/aromatic N) is 2. The van der Waals surface area contributed by atoms with Crippen LogP contribution in [-0.2, 0) is 5.41 Å². The van der Waals surface area contributed by atoms with E-state index >= 15 is 0 Å². The molecule has 1 fully saturated rings. The Morgan fingerprint density at radius 3 is 2.04 bits per heavy atom. The highest BCUT2D eigenvalue weighted by Crippen LogP contribution is 2.57. The van der Waals surface area contributed by atoms with E-state index < -0.39 is 0 Å². The molecule has 1 aliphatic heterocycles. The lowest BCUT2D eigenvalue weighted by Crippen LogP contribution is -2.28. The third-order valence-electron chi connectivity index (χ3n) is 15.2. The molecule has 0 radical (unpaired) electrons. The number of anilines is 5. The van der Waals surface area contributed by atoms with E-state index in [1.807, 2.05) is 0 Å². The second-order valence-corrected chi connectivity index (χ2v) is 19.2. The predicted molar refractivity (Wildman–Crippen MR) is 286 cm³/mol. The van der Waals surface area contributed by atoms with Crippen molar-refractivity contribution in [2.24, 2.45) is 0 Å². The van der Waals surface area contributed by atoms with Gasteiger partial charge in [-0.3, -0.25) is 0 Å². The monoisotopic (exact) mass is 876 g/mol. The zero-order valence-electron chi connectivity index (χ0n) is 38.4. The second kappa shape index (κ2) is 16.5. The summed E-state index contributed by atoms with van der Waals surface area (Å²) in [6.45, 7) is 2.43. The van der Waals surface area contributed by atoms with Crippen LogP contribution < -0.4 is 9.80 Å². The first-order valence-electron chi connectivity index (χ1n) is 24.5. The van der Waals surface area contributed by atoms with E-state index in [1.165, 1.54) is 93.3 Å². The minimum Gasteiger partial charge on any atom is -0.455 e. The van der Waals surface area contributed by atoms with Gasteiger partial charge in [-0.2, -0.15) is 0 Å². The van der Waals surface area contributed by atoms with E-state index in [2.05, 4.69) is 235 Å². The average Bonchev–Trinajstić information content (AvgIpc) is 3.92. The van der Waals surface area contributed by atoms with Crippen LogP contribution in [-0.4, -0.2) is 0 Å². The molecule has 0 bridgehead atoms. The summed E-state index contributed by atoms with van der Waals surface area (Å²) in [5.74, 6) is 0.555. The zero-order chi connectivity index (χ0) is 45.2. The fraction of sp³-hybridized carbons (Fsp3) is 0.138. The van der Waals surface area contributed by atoms with Gasteiger partial charge in [0.1, 0.15) is 11.2 Å². The molecule has 3 nitrogen and oxygen atoms in total. The van der Waals surface area contributed by atoms with Crippen LogP contribution in [0.2, 0.25) is 0 Å². The molecule has 2 heterocycles. The Labute approximate surface area is 398 Å². The van der Waals surface area contributed by atoms with Crippen LogP contribution in [0.1, 0.15) is 68.1 Å². The number of hydrogen-bond acceptors (Lipinski definition) is 3. The molecule has 68 heavy (non-hydrogen) atoms. The lowest BCUT2D eigenvalue weighted by Gasteiger charge is -2.35. The first-order valence-corrected chi connectivity index (χ1v) is 24.5. The SMILES string of the molecule is CC12CC=CC(c3cccc(N(c4ccccc4-c4cccc5c4oc4ccccc45)c4ccccc4-c4cccc5cccc(C6CCCCC6)c45)c3)=C1N(c1ccccc1)c1ccccc12. The Bertz CT molecular complexity index is 3620. The number of hydrogen-bond donors (Lipinski definition) is 0. The van der Waals surface area contributed by atoms with Crippen molar-refractivity contribution in [2.45, 2.75) is 56.8 Å². The molecule has 1 unspecified atom stereocenters. The fourth-order valence-corrected chi connectivity index (χ4v) is 12.1. The van der Waals surface area contributed by atoms with E-state index in [1.54, 1.807) is 0 Å². The van der Waals surface area contributed by atoms with Crippen molar-refractivity contribution >= 4 is 66.7 Å². The van der Waals surface area contributed by atoms with Crippen LogP contribution in [0, 0.1) is 0 Å². The van der Waals surface area contributed by atoms with Crippen LogP contribution in [0.5, 0.6) is 0 Å². The first kappa shape index (κ1) is 40.4. The van der Waals surface area contributed by atoms with Crippen molar-refractivity contribution in [3.8, 4) is 22.3 Å². The summed E-state index contributed by atoms with van der Waals surface area (Å²) in [6.07, 6.45) is 12.1. The van der Waals surface area contributed by atoms with Gasteiger partial charge >= 0.3 is 0 Å². The summed E-state index contributed by atoms with van der Waals surface area (Å²) in [7, 11) is 0. The van der Waals surface area contributed by atoms with Gasteiger partial charge in [0.2, 0.25) is 0 Å². The van der Waals surface area contributed by atoms with E-state index in [4.69, 9.17) is 4.42 Å². The Hall–Kier alpha value is -7.88. The zero-order valence-corrected chi connectivity index (χ0v) is 38.4. The predicted octanol–water partition coefficient (Wildman–Crippen LogP) is 18.4. The maximum atomic E-state index is 6.78. The van der Waals surface area contributed by atoms with E-state index in [0.29, 0.717) is 5.92 Å². The lowest BCUT2D eigenvalue weighted by molar-refractivity contribution is 0.445. The lowest BCUT2D eigenvalue weighted by atomic mass is 9.73. The van der Waals surface area contributed by atoms with Crippen LogP contribution in [0.15, 0.2) is 229 Å². The quantitative estimate of drug-likeness (QED) is 0.152. The molecule has 1 saturated carbocycles. The van der Waals surface area contributed by atoms with Gasteiger partial charge in [0.25, 0.3) is 0 Å². The summed E-state index contributed by atoms with van der Waals surface area (Å²) >= 11 is 0. The molecule has 9 aromatic carbocycles. The molecule has 3 heteroatoms. The van der Waals surface area contributed by atoms with Gasteiger partial charge < -0.3 is 14.2 Å². The highest BCUT2D eigenvalue weighted by molar-refractivity contribution is 6.11. The van der Waals surface area contributed by atoms with Gasteiger partial charge in [-0.05, 0) is 114 Å². The summed E-state index contributed by atoms with van der Waals surface area (Å²) in [5, 5.41) is 4.92. The molecular weight excluding hydrogens is 825 g/mol. The van der Waals surface area contributed by atoms with Gasteiger partial charge in [0.15, 0.2) is 0 Å². The smallest absolute Gasteiger partial charge is 0.143 e. The molecule has 10 aromatic rings. The summed E-state index contributed by atoms with van der Waals surface area (Å²) in [4.78, 5) is 5.04. The molecule has 0 spiro atoms. The van der Waals surface area contributed by atoms with E-state index in [-0.39, 0.29) is 5.41 Å². The number of fused-ring (bicyclic) bond motifs is 7. The van der Waals surface area contributed by atoms with Crippen molar-refractivity contribution < 1.29 is 4.42 Å². The third kappa shape index (κ3) is 6.48. The van der Waals surface area contributed by atoms with Gasteiger partial charge in [0.05, 0.1) is 17.1 Å². The van der Waals surface area contributed by atoms with Crippen LogP contribution in [0.25, 0.3) is 60.5 Å². The largest absolute Gasteiger partial charge is 0.455 e. The van der Waals surface area contributed by atoms with Gasteiger partial charge in [-0.15, -0.1) is 0 Å². The second-order valence-electron chi connectivity index (χ2n) is 19.2. The molecule has 1 atom stereocenters. The number of rotatable bonds is 8. The van der Waals surface area contributed by atoms with Gasteiger partial charge in [-0.1, -0.05) is 189 Å². The molecule has 0 N–H and O–H groups in total. The van der Waals surface area contributed by atoms with Gasteiger partial charge in [-0.25, -0.2) is 0 Å². The highest BCUT2D eigenvalue weighted by atomic mass is 16.3. The van der Waals surface area contributed by atoms with E-state index in [0.717, 1.165) is 56.5 Å². The Morgan fingerprint density at radius 1 is 0.559 bits per heavy atom. The minimum atomic E-state index is -0.207. The summed E-state index contributed by atoms with van der Waals surface area (Å²) in [6, 6.07) is 76.1.